The van der Waals surface area contributed by atoms with Crippen LogP contribution in [0.2, 0.25) is 0 Å². The van der Waals surface area contributed by atoms with Crippen molar-refractivity contribution in [2.45, 2.75) is 17.5 Å². The van der Waals surface area contributed by atoms with Crippen LogP contribution in [0, 0.1) is 0 Å². The van der Waals surface area contributed by atoms with Crippen LogP contribution in [-0.2, 0) is 14.2 Å². The number of rotatable bonds is 2. The highest BCUT2D eigenvalue weighted by Crippen LogP contribution is 2.50. The second-order valence-electron chi connectivity index (χ2n) is 4.02. The molecule has 84 valence electrons. The highest BCUT2D eigenvalue weighted by molar-refractivity contribution is 8.03. The quantitative estimate of drug-likeness (QED) is 0.784. The predicted molar refractivity (Wildman–Crippen MR) is 65.2 cm³/mol. The van der Waals surface area contributed by atoms with Crippen LogP contribution >= 0.6 is 11.8 Å². The largest absolute Gasteiger partial charge is 0.348 e. The van der Waals surface area contributed by atoms with Gasteiger partial charge in [0.1, 0.15) is 0 Å². The topological polar surface area (TPSA) is 18.5 Å². The Morgan fingerprint density at radius 1 is 1.12 bits per heavy atom. The fraction of sp³-hybridized carbons (Fsp3) is 0.385. The molecule has 3 rings (SSSR count). The maximum Gasteiger partial charge on any atom is 0.177 e. The van der Waals surface area contributed by atoms with Gasteiger partial charge in [0.15, 0.2) is 6.29 Å². The summed E-state index contributed by atoms with van der Waals surface area (Å²) >= 11 is 1.81. The number of ether oxygens (including phenoxy) is 2. The van der Waals surface area contributed by atoms with Crippen molar-refractivity contribution in [2.75, 3.05) is 13.2 Å². The van der Waals surface area contributed by atoms with Crippen molar-refractivity contribution >= 4 is 11.8 Å². The molecular formula is C13H14O2S. The van der Waals surface area contributed by atoms with Crippen LogP contribution in [0.3, 0.4) is 0 Å². The Morgan fingerprint density at radius 2 is 1.88 bits per heavy atom. The van der Waals surface area contributed by atoms with E-state index in [-0.39, 0.29) is 11.0 Å². The van der Waals surface area contributed by atoms with Gasteiger partial charge in [-0.15, -0.1) is 11.8 Å². The van der Waals surface area contributed by atoms with Gasteiger partial charge in [-0.2, -0.15) is 0 Å². The zero-order valence-corrected chi connectivity index (χ0v) is 9.78. The maximum absolute atomic E-state index is 5.71. The SMILES string of the molecule is C1=CSC(c2ccccc2)(C2OCCO2)C1. The Bertz CT molecular complexity index is 374. The van der Waals surface area contributed by atoms with Gasteiger partial charge in [-0.3, -0.25) is 0 Å². The Hall–Kier alpha value is -0.770. The summed E-state index contributed by atoms with van der Waals surface area (Å²) in [5, 5.41) is 2.15. The van der Waals surface area contributed by atoms with E-state index in [1.54, 1.807) is 0 Å². The van der Waals surface area contributed by atoms with Gasteiger partial charge in [-0.1, -0.05) is 36.4 Å². The monoisotopic (exact) mass is 234 g/mol. The normalized spacial score (nSPS) is 30.0. The molecule has 0 bridgehead atoms. The third-order valence-electron chi connectivity index (χ3n) is 3.06. The van der Waals surface area contributed by atoms with E-state index in [9.17, 15) is 0 Å². The van der Waals surface area contributed by atoms with Crippen molar-refractivity contribution in [2.24, 2.45) is 0 Å². The number of benzene rings is 1. The first-order valence-electron chi connectivity index (χ1n) is 5.53. The zero-order chi connectivity index (χ0) is 10.8. The molecule has 0 saturated carbocycles. The van der Waals surface area contributed by atoms with Crippen molar-refractivity contribution < 1.29 is 9.47 Å². The molecule has 0 N–H and O–H groups in total. The van der Waals surface area contributed by atoms with Crippen molar-refractivity contribution in [1.82, 2.24) is 0 Å². The lowest BCUT2D eigenvalue weighted by Gasteiger charge is -2.33. The second kappa shape index (κ2) is 4.24. The first-order valence-corrected chi connectivity index (χ1v) is 6.41. The van der Waals surface area contributed by atoms with Crippen molar-refractivity contribution in [1.29, 1.82) is 0 Å². The van der Waals surface area contributed by atoms with E-state index in [2.05, 4.69) is 35.7 Å². The molecule has 0 radical (unpaired) electrons. The lowest BCUT2D eigenvalue weighted by Crippen LogP contribution is -2.35. The van der Waals surface area contributed by atoms with E-state index in [1.807, 2.05) is 17.8 Å². The molecule has 0 aliphatic carbocycles. The molecule has 1 aromatic carbocycles. The summed E-state index contributed by atoms with van der Waals surface area (Å²) in [5.74, 6) is 0. The molecule has 1 saturated heterocycles. The molecule has 0 amide bonds. The van der Waals surface area contributed by atoms with Gasteiger partial charge in [0.25, 0.3) is 0 Å². The van der Waals surface area contributed by atoms with Gasteiger partial charge in [0.05, 0.1) is 18.0 Å². The minimum absolute atomic E-state index is 0.0717. The van der Waals surface area contributed by atoms with Crippen molar-refractivity contribution in [3.05, 3.63) is 47.4 Å². The molecule has 2 aliphatic heterocycles. The van der Waals surface area contributed by atoms with E-state index >= 15 is 0 Å². The van der Waals surface area contributed by atoms with E-state index in [4.69, 9.17) is 9.47 Å². The molecule has 16 heavy (non-hydrogen) atoms. The van der Waals surface area contributed by atoms with Crippen LogP contribution in [0.25, 0.3) is 0 Å². The van der Waals surface area contributed by atoms with Crippen molar-refractivity contribution in [3.8, 4) is 0 Å². The lowest BCUT2D eigenvalue weighted by atomic mass is 9.94. The van der Waals surface area contributed by atoms with Gasteiger partial charge in [0, 0.05) is 0 Å². The van der Waals surface area contributed by atoms with Crippen LogP contribution in [0.15, 0.2) is 41.8 Å². The van der Waals surface area contributed by atoms with Crippen LogP contribution in [0.4, 0.5) is 0 Å². The summed E-state index contributed by atoms with van der Waals surface area (Å²) in [7, 11) is 0. The average Bonchev–Trinajstić information content (AvgIpc) is 3.02. The van der Waals surface area contributed by atoms with Gasteiger partial charge < -0.3 is 9.47 Å². The van der Waals surface area contributed by atoms with Gasteiger partial charge >= 0.3 is 0 Å². The summed E-state index contributed by atoms with van der Waals surface area (Å²) in [6.45, 7) is 1.42. The van der Waals surface area contributed by atoms with Crippen LogP contribution < -0.4 is 0 Å². The highest BCUT2D eigenvalue weighted by atomic mass is 32.2. The van der Waals surface area contributed by atoms with E-state index in [0.717, 1.165) is 6.42 Å². The fourth-order valence-corrected chi connectivity index (χ4v) is 3.41. The molecular weight excluding hydrogens is 220 g/mol. The standard InChI is InChI=1S/C13H14O2S/c1-2-5-11(6-3-1)13(7-4-10-16-13)12-14-8-9-15-12/h1-6,10,12H,7-9H2. The van der Waals surface area contributed by atoms with Crippen molar-refractivity contribution in [3.63, 3.8) is 0 Å². The first-order chi connectivity index (χ1) is 7.92. The molecule has 1 aromatic rings. The number of hydrogen-bond acceptors (Lipinski definition) is 3. The summed E-state index contributed by atoms with van der Waals surface area (Å²) in [5.41, 5.74) is 1.29. The first kappa shape index (κ1) is 10.4. The molecule has 2 nitrogen and oxygen atoms in total. The third kappa shape index (κ3) is 1.59. The van der Waals surface area contributed by atoms with Gasteiger partial charge in [-0.25, -0.2) is 0 Å². The molecule has 2 aliphatic rings. The van der Waals surface area contributed by atoms with Gasteiger partial charge in [-0.05, 0) is 17.4 Å². The average molecular weight is 234 g/mol. The molecule has 1 fully saturated rings. The van der Waals surface area contributed by atoms with Gasteiger partial charge in [0.2, 0.25) is 0 Å². The predicted octanol–water partition coefficient (Wildman–Crippen LogP) is 2.91. The fourth-order valence-electron chi connectivity index (χ4n) is 2.26. The highest BCUT2D eigenvalue weighted by Gasteiger charge is 2.45. The number of allylic oxidation sites excluding steroid dienone is 1. The van der Waals surface area contributed by atoms with Crippen LogP contribution in [0.1, 0.15) is 12.0 Å². The maximum atomic E-state index is 5.71. The molecule has 1 unspecified atom stereocenters. The second-order valence-corrected chi connectivity index (χ2v) is 5.26. The molecule has 3 heteroatoms. The summed E-state index contributed by atoms with van der Waals surface area (Å²) in [6.07, 6.45) is 3.06. The summed E-state index contributed by atoms with van der Waals surface area (Å²) in [4.78, 5) is 0. The van der Waals surface area contributed by atoms with Crippen LogP contribution in [0.5, 0.6) is 0 Å². The third-order valence-corrected chi connectivity index (χ3v) is 4.40. The minimum Gasteiger partial charge on any atom is -0.348 e. The van der Waals surface area contributed by atoms with E-state index in [1.165, 1.54) is 5.56 Å². The van der Waals surface area contributed by atoms with E-state index < -0.39 is 0 Å². The van der Waals surface area contributed by atoms with E-state index in [0.29, 0.717) is 13.2 Å². The summed E-state index contributed by atoms with van der Waals surface area (Å²) < 4.78 is 11.4. The lowest BCUT2D eigenvalue weighted by molar-refractivity contribution is -0.0702. The Kier molecular flexibility index (Phi) is 2.75. The zero-order valence-electron chi connectivity index (χ0n) is 8.96. The smallest absolute Gasteiger partial charge is 0.177 e. The summed E-state index contributed by atoms with van der Waals surface area (Å²) in [6, 6.07) is 10.5. The number of hydrogen-bond donors (Lipinski definition) is 0. The van der Waals surface area contributed by atoms with Crippen LogP contribution in [-0.4, -0.2) is 19.5 Å². The molecule has 2 heterocycles. The minimum atomic E-state index is -0.116. The molecule has 0 spiro atoms. The Balaban J connectivity index is 1.96. The Morgan fingerprint density at radius 3 is 2.50 bits per heavy atom. The molecule has 1 atom stereocenters. The number of thioether (sulfide) groups is 1. The Labute approximate surface area is 99.6 Å². The molecule has 0 aromatic heterocycles.